The Morgan fingerprint density at radius 1 is 1.76 bits per heavy atom. The number of rotatable bonds is 4. The van der Waals surface area contributed by atoms with E-state index in [1.54, 1.807) is 11.3 Å². The normalized spacial score (nSPS) is 21.5. The molecule has 1 aliphatic heterocycles. The number of hydrogen-bond donors (Lipinski definition) is 1. The predicted octanol–water partition coefficient (Wildman–Crippen LogP) is 2.35. The summed E-state index contributed by atoms with van der Waals surface area (Å²) in [5, 5.41) is 12.0. The van der Waals surface area contributed by atoms with Crippen LogP contribution < -0.4 is 0 Å². The van der Waals surface area contributed by atoms with Gasteiger partial charge in [-0.05, 0) is 36.8 Å². The molecule has 17 heavy (non-hydrogen) atoms. The average Bonchev–Trinajstić information content (AvgIpc) is 2.98. The van der Waals surface area contributed by atoms with Gasteiger partial charge in [0.15, 0.2) is 0 Å². The van der Waals surface area contributed by atoms with Gasteiger partial charge in [0.1, 0.15) is 0 Å². The van der Waals surface area contributed by atoms with E-state index >= 15 is 0 Å². The molecule has 1 saturated heterocycles. The molecule has 2 atom stereocenters. The molecular formula is C13H17NO2S. The van der Waals surface area contributed by atoms with Crippen molar-refractivity contribution >= 4 is 17.2 Å². The number of aliphatic hydroxyl groups is 1. The number of thiophene rings is 1. The molecule has 0 bridgehead atoms. The first-order valence-corrected chi connectivity index (χ1v) is 6.75. The highest BCUT2D eigenvalue weighted by Crippen LogP contribution is 2.29. The van der Waals surface area contributed by atoms with Crippen LogP contribution in [0.15, 0.2) is 30.2 Å². The van der Waals surface area contributed by atoms with Crippen molar-refractivity contribution in [2.24, 2.45) is 0 Å². The highest BCUT2D eigenvalue weighted by atomic mass is 32.1. The van der Waals surface area contributed by atoms with Crippen molar-refractivity contribution in [1.82, 2.24) is 4.90 Å². The van der Waals surface area contributed by atoms with Crippen LogP contribution in [0.3, 0.4) is 0 Å². The van der Waals surface area contributed by atoms with Crippen molar-refractivity contribution in [2.75, 3.05) is 6.54 Å². The van der Waals surface area contributed by atoms with E-state index in [9.17, 15) is 9.90 Å². The van der Waals surface area contributed by atoms with Crippen LogP contribution in [-0.2, 0) is 4.79 Å². The summed E-state index contributed by atoms with van der Waals surface area (Å²) in [7, 11) is 0. The quantitative estimate of drug-likeness (QED) is 0.834. The Bertz CT molecular complexity index is 388. The zero-order valence-electron chi connectivity index (χ0n) is 9.71. The van der Waals surface area contributed by atoms with Gasteiger partial charge >= 0.3 is 0 Å². The van der Waals surface area contributed by atoms with Crippen molar-refractivity contribution < 1.29 is 9.90 Å². The zero-order chi connectivity index (χ0) is 12.3. The molecule has 1 aromatic rings. The number of carbonyl (C=O) groups excluding carboxylic acids is 1. The van der Waals surface area contributed by atoms with Gasteiger partial charge in [0.05, 0.1) is 6.10 Å². The minimum absolute atomic E-state index is 0.0223. The molecule has 3 nitrogen and oxygen atoms in total. The largest absolute Gasteiger partial charge is 0.387 e. The van der Waals surface area contributed by atoms with E-state index in [4.69, 9.17) is 0 Å². The summed E-state index contributed by atoms with van der Waals surface area (Å²) in [5.41, 5.74) is 0. The Morgan fingerprint density at radius 2 is 2.59 bits per heavy atom. The Balaban J connectivity index is 1.98. The van der Waals surface area contributed by atoms with Crippen molar-refractivity contribution in [2.45, 2.75) is 31.4 Å². The Morgan fingerprint density at radius 3 is 3.24 bits per heavy atom. The maximum absolute atomic E-state index is 11.6. The fourth-order valence-electron chi connectivity index (χ4n) is 2.34. The standard InChI is InChI=1S/C13H17NO2S/c1-2-13(16)14-7-3-5-10(14)9-11(15)12-6-4-8-17-12/h2,4,6,8,10-11,15H,1,3,5,7,9H2. The number of nitrogens with zero attached hydrogens (tertiary/aromatic N) is 1. The maximum Gasteiger partial charge on any atom is 0.246 e. The minimum atomic E-state index is -0.460. The summed E-state index contributed by atoms with van der Waals surface area (Å²) in [6.45, 7) is 4.30. The molecular weight excluding hydrogens is 234 g/mol. The summed E-state index contributed by atoms with van der Waals surface area (Å²) in [6.07, 6.45) is 3.51. The molecule has 2 rings (SSSR count). The fraction of sp³-hybridized carbons (Fsp3) is 0.462. The second kappa shape index (κ2) is 5.47. The second-order valence-corrected chi connectivity index (χ2v) is 5.28. The molecule has 1 amide bonds. The molecule has 0 spiro atoms. The van der Waals surface area contributed by atoms with Crippen LogP contribution in [0.2, 0.25) is 0 Å². The number of amides is 1. The van der Waals surface area contributed by atoms with Crippen LogP contribution in [0.4, 0.5) is 0 Å². The van der Waals surface area contributed by atoms with Gasteiger partial charge in [-0.1, -0.05) is 12.6 Å². The maximum atomic E-state index is 11.6. The van der Waals surface area contributed by atoms with E-state index in [1.807, 2.05) is 22.4 Å². The Kier molecular flexibility index (Phi) is 3.97. The third-order valence-corrected chi connectivity index (χ3v) is 4.18. The topological polar surface area (TPSA) is 40.5 Å². The van der Waals surface area contributed by atoms with Gasteiger partial charge in [-0.15, -0.1) is 11.3 Å². The third-order valence-electron chi connectivity index (χ3n) is 3.20. The number of carbonyl (C=O) groups is 1. The minimum Gasteiger partial charge on any atom is -0.387 e. The molecule has 0 aromatic carbocycles. The molecule has 1 aromatic heterocycles. The molecule has 1 fully saturated rings. The summed E-state index contributed by atoms with van der Waals surface area (Å²) in [6, 6.07) is 4.02. The van der Waals surface area contributed by atoms with Crippen molar-refractivity contribution in [3.05, 3.63) is 35.0 Å². The van der Waals surface area contributed by atoms with Gasteiger partial charge in [0, 0.05) is 17.5 Å². The van der Waals surface area contributed by atoms with Crippen molar-refractivity contribution in [3.63, 3.8) is 0 Å². The molecule has 0 radical (unpaired) electrons. The highest BCUT2D eigenvalue weighted by Gasteiger charge is 2.29. The van der Waals surface area contributed by atoms with Gasteiger partial charge in [0.25, 0.3) is 0 Å². The average molecular weight is 251 g/mol. The van der Waals surface area contributed by atoms with Gasteiger partial charge < -0.3 is 10.0 Å². The molecule has 2 unspecified atom stereocenters. The third kappa shape index (κ3) is 2.76. The van der Waals surface area contributed by atoms with E-state index in [2.05, 4.69) is 6.58 Å². The lowest BCUT2D eigenvalue weighted by Crippen LogP contribution is -2.35. The van der Waals surface area contributed by atoms with Gasteiger partial charge in [-0.2, -0.15) is 0 Å². The highest BCUT2D eigenvalue weighted by molar-refractivity contribution is 7.10. The first-order chi connectivity index (χ1) is 8.22. The fourth-order valence-corrected chi connectivity index (χ4v) is 3.07. The van der Waals surface area contributed by atoms with Crippen LogP contribution in [0.1, 0.15) is 30.2 Å². The SMILES string of the molecule is C=CC(=O)N1CCCC1CC(O)c1cccs1. The lowest BCUT2D eigenvalue weighted by atomic mass is 10.1. The second-order valence-electron chi connectivity index (χ2n) is 4.30. The van der Waals surface area contributed by atoms with Crippen LogP contribution in [0.25, 0.3) is 0 Å². The Labute approximate surface area is 105 Å². The molecule has 1 aliphatic rings. The lowest BCUT2D eigenvalue weighted by Gasteiger charge is -2.25. The van der Waals surface area contributed by atoms with E-state index in [-0.39, 0.29) is 11.9 Å². The lowest BCUT2D eigenvalue weighted by molar-refractivity contribution is -0.127. The zero-order valence-corrected chi connectivity index (χ0v) is 10.5. The summed E-state index contributed by atoms with van der Waals surface area (Å²) < 4.78 is 0. The first kappa shape index (κ1) is 12.3. The summed E-state index contributed by atoms with van der Waals surface area (Å²) in [5.74, 6) is -0.0223. The molecule has 0 saturated carbocycles. The van der Waals surface area contributed by atoms with Crippen LogP contribution in [0.5, 0.6) is 0 Å². The molecule has 92 valence electrons. The van der Waals surface area contributed by atoms with Crippen LogP contribution in [0, 0.1) is 0 Å². The summed E-state index contributed by atoms with van der Waals surface area (Å²) in [4.78, 5) is 14.4. The van der Waals surface area contributed by atoms with Crippen molar-refractivity contribution in [1.29, 1.82) is 0 Å². The smallest absolute Gasteiger partial charge is 0.246 e. The van der Waals surface area contributed by atoms with E-state index in [1.165, 1.54) is 6.08 Å². The molecule has 1 N–H and O–H groups in total. The molecule has 0 aliphatic carbocycles. The van der Waals surface area contributed by atoms with Gasteiger partial charge in [0.2, 0.25) is 5.91 Å². The first-order valence-electron chi connectivity index (χ1n) is 5.87. The Hall–Kier alpha value is -1.13. The molecule has 2 heterocycles. The van der Waals surface area contributed by atoms with Gasteiger partial charge in [-0.25, -0.2) is 0 Å². The monoisotopic (exact) mass is 251 g/mol. The number of hydrogen-bond acceptors (Lipinski definition) is 3. The van der Waals surface area contributed by atoms with Gasteiger partial charge in [-0.3, -0.25) is 4.79 Å². The number of aliphatic hydroxyl groups excluding tert-OH is 1. The predicted molar refractivity (Wildman–Crippen MR) is 68.8 cm³/mol. The molecule has 4 heteroatoms. The van der Waals surface area contributed by atoms with E-state index in [0.29, 0.717) is 6.42 Å². The number of likely N-dealkylation sites (tertiary alicyclic amines) is 1. The van der Waals surface area contributed by atoms with E-state index in [0.717, 1.165) is 24.3 Å². The van der Waals surface area contributed by atoms with Crippen molar-refractivity contribution in [3.8, 4) is 0 Å². The van der Waals surface area contributed by atoms with Crippen LogP contribution in [-0.4, -0.2) is 28.5 Å². The van der Waals surface area contributed by atoms with Crippen LogP contribution >= 0.6 is 11.3 Å². The summed E-state index contributed by atoms with van der Waals surface area (Å²) >= 11 is 1.56. The van der Waals surface area contributed by atoms with E-state index < -0.39 is 6.10 Å².